The molecule has 0 unspecified atom stereocenters. The zero-order chi connectivity index (χ0) is 18.7. The first kappa shape index (κ1) is 18.8. The van der Waals surface area contributed by atoms with Gasteiger partial charge in [-0.3, -0.25) is 4.79 Å². The minimum Gasteiger partial charge on any atom is -0.319 e. The molecule has 0 aliphatic heterocycles. The van der Waals surface area contributed by atoms with Crippen LogP contribution in [0.3, 0.4) is 0 Å². The van der Waals surface area contributed by atoms with E-state index in [0.717, 1.165) is 31.7 Å². The summed E-state index contributed by atoms with van der Waals surface area (Å²) in [6.07, 6.45) is 3.54. The smallest absolute Gasteiger partial charge is 0.255 e. The third-order valence-corrected chi connectivity index (χ3v) is 6.02. The Labute approximate surface area is 156 Å². The lowest BCUT2D eigenvalue weighted by atomic mass is 10.2. The van der Waals surface area contributed by atoms with Crippen molar-refractivity contribution >= 4 is 33.2 Å². The van der Waals surface area contributed by atoms with E-state index in [2.05, 4.69) is 10.0 Å². The molecule has 1 aliphatic rings. The number of carbonyl (C=O) groups is 1. The van der Waals surface area contributed by atoms with E-state index >= 15 is 0 Å². The fourth-order valence-corrected chi connectivity index (χ4v) is 4.43. The van der Waals surface area contributed by atoms with Crippen LogP contribution in [0, 0.1) is 5.82 Å². The van der Waals surface area contributed by atoms with Crippen molar-refractivity contribution in [3.8, 4) is 0 Å². The molecule has 0 aromatic heterocycles. The Morgan fingerprint density at radius 1 is 1.12 bits per heavy atom. The quantitative estimate of drug-likeness (QED) is 0.803. The summed E-state index contributed by atoms with van der Waals surface area (Å²) in [7, 11) is -3.79. The zero-order valence-corrected chi connectivity index (χ0v) is 15.4. The highest BCUT2D eigenvalue weighted by Gasteiger charge is 2.24. The molecule has 2 N–H and O–H groups in total. The zero-order valence-electron chi connectivity index (χ0n) is 13.8. The Balaban J connectivity index is 1.75. The van der Waals surface area contributed by atoms with E-state index < -0.39 is 21.7 Å². The van der Waals surface area contributed by atoms with Gasteiger partial charge in [0.05, 0.1) is 10.6 Å². The highest BCUT2D eigenvalue weighted by Crippen LogP contribution is 2.23. The van der Waals surface area contributed by atoms with E-state index in [-0.39, 0.29) is 22.2 Å². The first-order valence-electron chi connectivity index (χ1n) is 8.24. The van der Waals surface area contributed by atoms with Crippen LogP contribution in [0.2, 0.25) is 5.02 Å². The molecule has 1 fully saturated rings. The van der Waals surface area contributed by atoms with Crippen molar-refractivity contribution in [2.24, 2.45) is 0 Å². The first-order chi connectivity index (χ1) is 12.3. The Hall–Kier alpha value is -1.96. The summed E-state index contributed by atoms with van der Waals surface area (Å²) in [4.78, 5) is 12.0. The molecule has 1 amide bonds. The van der Waals surface area contributed by atoms with Gasteiger partial charge in [-0.25, -0.2) is 17.5 Å². The second-order valence-electron chi connectivity index (χ2n) is 6.21. The van der Waals surface area contributed by atoms with Gasteiger partial charge in [0.25, 0.3) is 5.91 Å². The molecular weight excluding hydrogens is 379 g/mol. The molecule has 0 spiro atoms. The van der Waals surface area contributed by atoms with Gasteiger partial charge in [-0.1, -0.05) is 30.5 Å². The highest BCUT2D eigenvalue weighted by atomic mass is 35.5. The normalized spacial score (nSPS) is 15.2. The van der Waals surface area contributed by atoms with Crippen LogP contribution >= 0.6 is 11.6 Å². The molecule has 0 heterocycles. The molecule has 5 nitrogen and oxygen atoms in total. The maximum atomic E-state index is 14.3. The van der Waals surface area contributed by atoms with Crippen molar-refractivity contribution in [1.82, 2.24) is 4.72 Å². The van der Waals surface area contributed by atoms with E-state index in [1.165, 1.54) is 18.2 Å². The number of anilines is 1. The molecule has 0 saturated heterocycles. The Morgan fingerprint density at radius 3 is 2.50 bits per heavy atom. The second-order valence-corrected chi connectivity index (χ2v) is 8.36. The molecule has 138 valence electrons. The van der Waals surface area contributed by atoms with Crippen molar-refractivity contribution < 1.29 is 17.6 Å². The van der Waals surface area contributed by atoms with Crippen LogP contribution in [0.5, 0.6) is 0 Å². The predicted octanol–water partition coefficient (Wildman–Crippen LogP) is 3.95. The lowest BCUT2D eigenvalue weighted by Gasteiger charge is -2.13. The van der Waals surface area contributed by atoms with Crippen LogP contribution in [0.1, 0.15) is 36.0 Å². The van der Waals surface area contributed by atoms with E-state index in [0.29, 0.717) is 5.02 Å². The summed E-state index contributed by atoms with van der Waals surface area (Å²) in [6, 6.07) is 9.54. The van der Waals surface area contributed by atoms with E-state index in [9.17, 15) is 17.6 Å². The van der Waals surface area contributed by atoms with Gasteiger partial charge >= 0.3 is 0 Å². The molecule has 2 aromatic rings. The molecule has 0 bridgehead atoms. The summed E-state index contributed by atoms with van der Waals surface area (Å²) in [5.74, 6) is -1.36. The van der Waals surface area contributed by atoms with Gasteiger partial charge in [0.15, 0.2) is 0 Å². The van der Waals surface area contributed by atoms with E-state index in [1.54, 1.807) is 18.2 Å². The number of sulfonamides is 1. The van der Waals surface area contributed by atoms with Crippen LogP contribution in [0.4, 0.5) is 10.1 Å². The van der Waals surface area contributed by atoms with Crippen molar-refractivity contribution in [3.05, 3.63) is 58.9 Å². The minimum atomic E-state index is -3.79. The van der Waals surface area contributed by atoms with Gasteiger partial charge in [0, 0.05) is 16.6 Å². The molecule has 26 heavy (non-hydrogen) atoms. The molecule has 1 aliphatic carbocycles. The average Bonchev–Trinajstić information content (AvgIpc) is 3.08. The predicted molar refractivity (Wildman–Crippen MR) is 98.4 cm³/mol. The van der Waals surface area contributed by atoms with Gasteiger partial charge in [0.1, 0.15) is 5.82 Å². The van der Waals surface area contributed by atoms with Gasteiger partial charge < -0.3 is 5.32 Å². The fourth-order valence-electron chi connectivity index (χ4n) is 2.92. The number of hydrogen-bond acceptors (Lipinski definition) is 3. The summed E-state index contributed by atoms with van der Waals surface area (Å²) in [5.41, 5.74) is 0.172. The average molecular weight is 397 g/mol. The molecule has 8 heteroatoms. The van der Waals surface area contributed by atoms with E-state index in [4.69, 9.17) is 11.6 Å². The van der Waals surface area contributed by atoms with Crippen molar-refractivity contribution in [2.75, 3.05) is 5.32 Å². The maximum absolute atomic E-state index is 14.3. The standard InChI is InChI=1S/C18H18ClFN2O3S/c19-13-5-3-4-12(10-13)18(23)21-17-9-8-15(11-16(17)20)26(24,25)22-14-6-1-2-7-14/h3-5,8-11,14,22H,1-2,6-7H2,(H,21,23). The Kier molecular flexibility index (Phi) is 5.60. The Bertz CT molecular complexity index is 928. The number of benzene rings is 2. The van der Waals surface area contributed by atoms with Gasteiger partial charge in [-0.05, 0) is 49.2 Å². The maximum Gasteiger partial charge on any atom is 0.255 e. The molecule has 0 radical (unpaired) electrons. The SMILES string of the molecule is O=C(Nc1ccc(S(=O)(=O)NC2CCCC2)cc1F)c1cccc(Cl)c1. The molecule has 2 aromatic carbocycles. The summed E-state index contributed by atoms with van der Waals surface area (Å²) in [5, 5.41) is 2.80. The second kappa shape index (κ2) is 7.73. The molecule has 3 rings (SSSR count). The number of hydrogen-bond donors (Lipinski definition) is 2. The lowest BCUT2D eigenvalue weighted by molar-refractivity contribution is 0.102. The van der Waals surface area contributed by atoms with Crippen molar-refractivity contribution in [1.29, 1.82) is 0 Å². The van der Waals surface area contributed by atoms with Crippen LogP contribution in [0.15, 0.2) is 47.4 Å². The van der Waals surface area contributed by atoms with Gasteiger partial charge in [-0.15, -0.1) is 0 Å². The molecular formula is C18H18ClFN2O3S. The fraction of sp³-hybridized carbons (Fsp3) is 0.278. The number of carbonyl (C=O) groups excluding carboxylic acids is 1. The lowest BCUT2D eigenvalue weighted by Crippen LogP contribution is -2.32. The topological polar surface area (TPSA) is 75.3 Å². The minimum absolute atomic E-state index is 0.102. The van der Waals surface area contributed by atoms with Crippen molar-refractivity contribution in [3.63, 3.8) is 0 Å². The van der Waals surface area contributed by atoms with E-state index in [1.807, 2.05) is 0 Å². The van der Waals surface area contributed by atoms with Crippen molar-refractivity contribution in [2.45, 2.75) is 36.6 Å². The largest absolute Gasteiger partial charge is 0.319 e. The summed E-state index contributed by atoms with van der Waals surface area (Å²) >= 11 is 5.84. The highest BCUT2D eigenvalue weighted by molar-refractivity contribution is 7.89. The Morgan fingerprint density at radius 2 is 1.85 bits per heavy atom. The van der Waals surface area contributed by atoms with Crippen LogP contribution in [-0.2, 0) is 10.0 Å². The number of nitrogens with one attached hydrogen (secondary N) is 2. The summed E-state index contributed by atoms with van der Waals surface area (Å²) in [6.45, 7) is 0. The van der Waals surface area contributed by atoms with Crippen LogP contribution in [-0.4, -0.2) is 20.4 Å². The molecule has 0 atom stereocenters. The monoisotopic (exact) mass is 396 g/mol. The number of amides is 1. The number of halogens is 2. The van der Waals surface area contributed by atoms with Crippen LogP contribution in [0.25, 0.3) is 0 Å². The third-order valence-electron chi connectivity index (χ3n) is 4.26. The van der Waals surface area contributed by atoms with Gasteiger partial charge in [0.2, 0.25) is 10.0 Å². The van der Waals surface area contributed by atoms with Crippen LogP contribution < -0.4 is 10.0 Å². The summed E-state index contributed by atoms with van der Waals surface area (Å²) < 4.78 is 41.6. The number of rotatable bonds is 5. The molecule has 1 saturated carbocycles. The van der Waals surface area contributed by atoms with Gasteiger partial charge in [-0.2, -0.15) is 0 Å². The third kappa shape index (κ3) is 4.41. The first-order valence-corrected chi connectivity index (χ1v) is 10.1.